The van der Waals surface area contributed by atoms with E-state index in [2.05, 4.69) is 36.4 Å². The number of nitrogens with one attached hydrogen (secondary N) is 2. The lowest BCUT2D eigenvalue weighted by molar-refractivity contribution is -0.117. The summed E-state index contributed by atoms with van der Waals surface area (Å²) in [6, 6.07) is -0.0445. The number of anilines is 1. The van der Waals surface area contributed by atoms with Gasteiger partial charge in [-0.1, -0.05) is 20.8 Å². The number of aromatic nitrogens is 1. The summed E-state index contributed by atoms with van der Waals surface area (Å²) in [5.74, 6) is 0.0392. The van der Waals surface area contributed by atoms with Crippen LogP contribution >= 0.6 is 23.7 Å². The lowest BCUT2D eigenvalue weighted by atomic mass is 9.96. The van der Waals surface area contributed by atoms with Crippen molar-refractivity contribution in [1.29, 1.82) is 0 Å². The summed E-state index contributed by atoms with van der Waals surface area (Å²) in [6.45, 7) is 7.36. The van der Waals surface area contributed by atoms with Crippen molar-refractivity contribution in [2.75, 3.05) is 11.9 Å². The number of nitrogens with zero attached hydrogens (tertiary/aromatic N) is 1. The SMILES string of the molecule is CC(C)(C)c1cnc(NC(=O)C2CCCN2)s1.Cl. The Bertz CT molecular complexity index is 408. The Hall–Kier alpha value is -0.650. The quantitative estimate of drug-likeness (QED) is 0.880. The minimum Gasteiger partial charge on any atom is -0.306 e. The Morgan fingerprint density at radius 1 is 1.56 bits per heavy atom. The van der Waals surface area contributed by atoms with Crippen molar-refractivity contribution in [2.45, 2.75) is 45.1 Å². The fourth-order valence-electron chi connectivity index (χ4n) is 1.78. The van der Waals surface area contributed by atoms with Gasteiger partial charge in [0, 0.05) is 11.1 Å². The zero-order valence-electron chi connectivity index (χ0n) is 10.9. The summed E-state index contributed by atoms with van der Waals surface area (Å²) in [5.41, 5.74) is 0.0895. The molecule has 0 spiro atoms. The molecule has 0 aliphatic carbocycles. The number of thiazole rings is 1. The molecule has 0 saturated carbocycles. The van der Waals surface area contributed by atoms with Crippen molar-refractivity contribution in [2.24, 2.45) is 0 Å². The van der Waals surface area contributed by atoms with Crippen molar-refractivity contribution in [3.63, 3.8) is 0 Å². The molecule has 4 nitrogen and oxygen atoms in total. The molecular formula is C12H20ClN3OS. The molecule has 2 rings (SSSR count). The summed E-state index contributed by atoms with van der Waals surface area (Å²) in [4.78, 5) is 17.3. The number of hydrogen-bond donors (Lipinski definition) is 2. The van der Waals surface area contributed by atoms with Crippen molar-refractivity contribution < 1.29 is 4.79 Å². The lowest BCUT2D eigenvalue weighted by Gasteiger charge is -2.14. The molecule has 2 N–H and O–H groups in total. The van der Waals surface area contributed by atoms with Gasteiger partial charge in [0.05, 0.1) is 6.04 Å². The first kappa shape index (κ1) is 15.4. The molecule has 1 unspecified atom stereocenters. The minimum absolute atomic E-state index is 0. The molecule has 18 heavy (non-hydrogen) atoms. The summed E-state index contributed by atoms with van der Waals surface area (Å²) in [6.07, 6.45) is 3.84. The van der Waals surface area contributed by atoms with E-state index in [4.69, 9.17) is 0 Å². The van der Waals surface area contributed by atoms with Gasteiger partial charge in [0.2, 0.25) is 5.91 Å². The Labute approximate surface area is 118 Å². The van der Waals surface area contributed by atoms with Crippen LogP contribution in [0.25, 0.3) is 0 Å². The number of hydrogen-bond acceptors (Lipinski definition) is 4. The normalized spacial score (nSPS) is 19.4. The first-order valence-corrected chi connectivity index (χ1v) is 6.79. The van der Waals surface area contributed by atoms with Gasteiger partial charge in [-0.05, 0) is 24.8 Å². The molecule has 102 valence electrons. The van der Waals surface area contributed by atoms with Crippen molar-refractivity contribution >= 4 is 34.8 Å². The molecule has 2 heterocycles. The van der Waals surface area contributed by atoms with E-state index in [0.29, 0.717) is 5.13 Å². The zero-order chi connectivity index (χ0) is 12.5. The number of rotatable bonds is 2. The second-order valence-corrected chi connectivity index (χ2v) is 6.45. The van der Waals surface area contributed by atoms with Gasteiger partial charge in [-0.3, -0.25) is 4.79 Å². The third kappa shape index (κ3) is 3.67. The second kappa shape index (κ2) is 5.99. The van der Waals surface area contributed by atoms with Gasteiger partial charge < -0.3 is 10.6 Å². The van der Waals surface area contributed by atoms with Crippen molar-refractivity contribution in [1.82, 2.24) is 10.3 Å². The van der Waals surface area contributed by atoms with Crippen LogP contribution in [0.3, 0.4) is 0 Å². The molecule has 1 aromatic heterocycles. The van der Waals surface area contributed by atoms with Crippen LogP contribution in [0.4, 0.5) is 5.13 Å². The number of carbonyl (C=O) groups excluding carboxylic acids is 1. The highest BCUT2D eigenvalue weighted by Gasteiger charge is 2.23. The molecule has 1 aromatic rings. The molecule has 1 saturated heterocycles. The monoisotopic (exact) mass is 289 g/mol. The van der Waals surface area contributed by atoms with E-state index in [0.717, 1.165) is 19.4 Å². The predicted octanol–water partition coefficient (Wildman–Crippen LogP) is 2.55. The van der Waals surface area contributed by atoms with Gasteiger partial charge in [-0.2, -0.15) is 0 Å². The highest BCUT2D eigenvalue weighted by atomic mass is 35.5. The Morgan fingerprint density at radius 3 is 2.78 bits per heavy atom. The van der Waals surface area contributed by atoms with Gasteiger partial charge in [-0.15, -0.1) is 23.7 Å². The van der Waals surface area contributed by atoms with Crippen LogP contribution in [0.2, 0.25) is 0 Å². The first-order valence-electron chi connectivity index (χ1n) is 5.97. The van der Waals surface area contributed by atoms with E-state index in [-0.39, 0.29) is 29.8 Å². The van der Waals surface area contributed by atoms with Crippen LogP contribution in [-0.2, 0) is 10.2 Å². The van der Waals surface area contributed by atoms with E-state index in [1.54, 1.807) is 11.3 Å². The maximum atomic E-state index is 11.9. The molecule has 6 heteroatoms. The molecule has 1 atom stereocenters. The van der Waals surface area contributed by atoms with E-state index in [1.165, 1.54) is 4.88 Å². The number of amides is 1. The van der Waals surface area contributed by atoms with Gasteiger partial charge in [-0.25, -0.2) is 4.98 Å². The minimum atomic E-state index is -0.0445. The largest absolute Gasteiger partial charge is 0.306 e. The van der Waals surface area contributed by atoms with E-state index in [9.17, 15) is 4.79 Å². The molecular weight excluding hydrogens is 270 g/mol. The summed E-state index contributed by atoms with van der Waals surface area (Å²) in [7, 11) is 0. The summed E-state index contributed by atoms with van der Waals surface area (Å²) in [5, 5.41) is 6.76. The molecule has 1 amide bonds. The van der Waals surface area contributed by atoms with Crippen LogP contribution in [0.15, 0.2) is 6.20 Å². The van der Waals surface area contributed by atoms with Crippen LogP contribution in [0.5, 0.6) is 0 Å². The smallest absolute Gasteiger partial charge is 0.243 e. The van der Waals surface area contributed by atoms with Crippen molar-refractivity contribution in [3.05, 3.63) is 11.1 Å². The third-order valence-corrected chi connectivity index (χ3v) is 4.19. The van der Waals surface area contributed by atoms with Crippen molar-refractivity contribution in [3.8, 4) is 0 Å². The maximum Gasteiger partial charge on any atom is 0.243 e. The third-order valence-electron chi connectivity index (χ3n) is 2.85. The topological polar surface area (TPSA) is 54.0 Å². The second-order valence-electron chi connectivity index (χ2n) is 5.42. The van der Waals surface area contributed by atoms with E-state index < -0.39 is 0 Å². The Balaban J connectivity index is 0.00000162. The average Bonchev–Trinajstić information content (AvgIpc) is 2.85. The molecule has 0 aromatic carbocycles. The van der Waals surface area contributed by atoms with Gasteiger partial charge in [0.25, 0.3) is 0 Å². The van der Waals surface area contributed by atoms with Crippen LogP contribution in [0, 0.1) is 0 Å². The standard InChI is InChI=1S/C12H19N3OS.ClH/c1-12(2,3)9-7-14-11(17-9)15-10(16)8-5-4-6-13-8;/h7-8,13H,4-6H2,1-3H3,(H,14,15,16);1H. The average molecular weight is 290 g/mol. The molecule has 1 fully saturated rings. The van der Waals surface area contributed by atoms with E-state index >= 15 is 0 Å². The fourth-order valence-corrected chi connectivity index (χ4v) is 2.66. The predicted molar refractivity (Wildman–Crippen MR) is 77.7 cm³/mol. The molecule has 1 aliphatic heterocycles. The molecule has 0 radical (unpaired) electrons. The highest BCUT2D eigenvalue weighted by Crippen LogP contribution is 2.30. The number of carbonyl (C=O) groups is 1. The van der Waals surface area contributed by atoms with E-state index in [1.807, 2.05) is 6.20 Å². The lowest BCUT2D eigenvalue weighted by Crippen LogP contribution is -2.35. The first-order chi connectivity index (χ1) is 7.97. The van der Waals surface area contributed by atoms with Gasteiger partial charge in [0.1, 0.15) is 0 Å². The summed E-state index contributed by atoms with van der Waals surface area (Å²) >= 11 is 1.56. The Morgan fingerprint density at radius 2 is 2.28 bits per heavy atom. The Kier molecular flexibility index (Phi) is 5.13. The maximum absolute atomic E-state index is 11.9. The highest BCUT2D eigenvalue weighted by molar-refractivity contribution is 7.15. The summed E-state index contributed by atoms with van der Waals surface area (Å²) < 4.78 is 0. The fraction of sp³-hybridized carbons (Fsp3) is 0.667. The molecule has 0 bridgehead atoms. The van der Waals surface area contributed by atoms with Gasteiger partial charge in [0.15, 0.2) is 5.13 Å². The molecule has 1 aliphatic rings. The zero-order valence-corrected chi connectivity index (χ0v) is 12.6. The van der Waals surface area contributed by atoms with Crippen LogP contribution in [-0.4, -0.2) is 23.5 Å². The van der Waals surface area contributed by atoms with Crippen LogP contribution in [0.1, 0.15) is 38.5 Å². The van der Waals surface area contributed by atoms with Gasteiger partial charge >= 0.3 is 0 Å². The van der Waals surface area contributed by atoms with Crippen LogP contribution < -0.4 is 10.6 Å². The number of halogens is 1.